The molecule has 0 saturated carbocycles. The summed E-state index contributed by atoms with van der Waals surface area (Å²) >= 11 is 0. The topological polar surface area (TPSA) is 13.1 Å². The van der Waals surface area contributed by atoms with Crippen molar-refractivity contribution in [1.29, 1.82) is 0 Å². The molecule has 0 bridgehead atoms. The van der Waals surface area contributed by atoms with Gasteiger partial charge in [0, 0.05) is 50.0 Å². The van der Waals surface area contributed by atoms with Crippen molar-refractivity contribution in [1.82, 2.24) is 9.13 Å². The number of anilines is 3. The Kier molecular flexibility index (Phi) is 10.8. The summed E-state index contributed by atoms with van der Waals surface area (Å²) in [5, 5.41) is 5.01. The molecule has 0 unspecified atom stereocenters. The zero-order valence-electron chi connectivity index (χ0n) is 41.1. The first-order valence-corrected chi connectivity index (χ1v) is 25.7. The fraction of sp³-hybridized carbons (Fsp3) is 0. The number of rotatable bonds is 10. The van der Waals surface area contributed by atoms with Gasteiger partial charge in [-0.1, -0.05) is 206 Å². The predicted molar refractivity (Wildman–Crippen MR) is 317 cm³/mol. The number of para-hydroxylation sites is 4. The van der Waals surface area contributed by atoms with Gasteiger partial charge in [0.15, 0.2) is 0 Å². The number of aromatic nitrogens is 2. The van der Waals surface area contributed by atoms with Crippen molar-refractivity contribution < 1.29 is 0 Å². The van der Waals surface area contributed by atoms with E-state index < -0.39 is 0 Å². The van der Waals surface area contributed by atoms with Gasteiger partial charge in [0.1, 0.15) is 0 Å². The van der Waals surface area contributed by atoms with Crippen molar-refractivity contribution in [2.45, 2.75) is 0 Å². The van der Waals surface area contributed by atoms with E-state index in [9.17, 15) is 0 Å². The summed E-state index contributed by atoms with van der Waals surface area (Å²) in [7, 11) is 0. The molecule has 3 heteroatoms. The average molecular weight is 956 g/mol. The Bertz CT molecular complexity index is 4330. The van der Waals surface area contributed by atoms with Gasteiger partial charge in [-0.3, -0.25) is 0 Å². The van der Waals surface area contributed by atoms with Gasteiger partial charge in [0.05, 0.1) is 22.1 Å². The summed E-state index contributed by atoms with van der Waals surface area (Å²) in [6.07, 6.45) is 0. The van der Waals surface area contributed by atoms with Crippen molar-refractivity contribution in [2.24, 2.45) is 0 Å². The minimum atomic E-state index is 1.08. The second-order valence-corrected chi connectivity index (χ2v) is 19.3. The van der Waals surface area contributed by atoms with Crippen molar-refractivity contribution in [3.8, 4) is 67.0 Å². The zero-order chi connectivity index (χ0) is 49.7. The number of hydrogen-bond donors (Lipinski definition) is 0. The van der Waals surface area contributed by atoms with Crippen LogP contribution in [0.5, 0.6) is 0 Å². The monoisotopic (exact) mass is 955 g/mol. The Balaban J connectivity index is 0.790. The third-order valence-corrected chi connectivity index (χ3v) is 15.0. The van der Waals surface area contributed by atoms with Crippen molar-refractivity contribution in [3.63, 3.8) is 0 Å². The molecular weight excluding hydrogens is 907 g/mol. The summed E-state index contributed by atoms with van der Waals surface area (Å²) < 4.78 is 4.75. The van der Waals surface area contributed by atoms with Crippen LogP contribution in [-0.2, 0) is 0 Å². The maximum absolute atomic E-state index is 2.39. The molecule has 0 aliphatic rings. The summed E-state index contributed by atoms with van der Waals surface area (Å²) in [5.41, 5.74) is 22.3. The highest BCUT2D eigenvalue weighted by molar-refractivity contribution is 6.11. The van der Waals surface area contributed by atoms with Crippen LogP contribution >= 0.6 is 0 Å². The van der Waals surface area contributed by atoms with E-state index in [2.05, 4.69) is 311 Å². The van der Waals surface area contributed by atoms with Crippen molar-refractivity contribution in [3.05, 3.63) is 297 Å². The SMILES string of the molecule is c1ccc(-c2ccc(-c3ccc(N(c4ccc(-c5ccc(-c6ccc7c(c6)c6ccccc6n7-c6ccccc6)cc5)cc4)c4ccc(-c5ccc6c7ccccc7n(-c7ccccc7)c6c5)cc4)cc3)cc2)cc1. The maximum Gasteiger partial charge on any atom is 0.0547 e. The van der Waals surface area contributed by atoms with Gasteiger partial charge in [-0.25, -0.2) is 0 Å². The minimum absolute atomic E-state index is 1.08. The molecule has 2 heterocycles. The van der Waals surface area contributed by atoms with E-state index in [-0.39, 0.29) is 0 Å². The van der Waals surface area contributed by atoms with Crippen LogP contribution < -0.4 is 4.90 Å². The van der Waals surface area contributed by atoms with Gasteiger partial charge in [-0.2, -0.15) is 0 Å². The molecule has 3 nitrogen and oxygen atoms in total. The second-order valence-electron chi connectivity index (χ2n) is 19.3. The molecule has 2 aromatic heterocycles. The van der Waals surface area contributed by atoms with Gasteiger partial charge in [-0.05, 0) is 147 Å². The number of nitrogens with zero attached hydrogens (tertiary/aromatic N) is 3. The fourth-order valence-electron chi connectivity index (χ4n) is 11.2. The van der Waals surface area contributed by atoms with Crippen LogP contribution in [0.25, 0.3) is 111 Å². The molecule has 0 N–H and O–H groups in total. The molecule has 352 valence electrons. The molecule has 0 atom stereocenters. The van der Waals surface area contributed by atoms with E-state index in [4.69, 9.17) is 0 Å². The van der Waals surface area contributed by atoms with E-state index in [1.165, 1.54) is 99.4 Å². The van der Waals surface area contributed by atoms with E-state index in [0.29, 0.717) is 0 Å². The zero-order valence-corrected chi connectivity index (χ0v) is 41.1. The van der Waals surface area contributed by atoms with Gasteiger partial charge in [0.25, 0.3) is 0 Å². The standard InChI is InChI=1S/C72H49N3/c1-4-14-50(15-5-1)51-24-26-52(27-25-51)54-32-40-62(41-33-54)73(64-44-36-57(37-45-64)59-38-46-67-65-20-10-12-22-69(65)75(72(67)49-59)61-18-8-3-9-19-61)63-42-34-55(35-43-63)53-28-30-56(31-29-53)58-39-47-71-68(48-58)66-21-11-13-23-70(66)74(71)60-16-6-2-7-17-60/h1-49H. The maximum atomic E-state index is 2.39. The van der Waals surface area contributed by atoms with Gasteiger partial charge >= 0.3 is 0 Å². The Hall–Kier alpha value is -9.96. The lowest BCUT2D eigenvalue weighted by Gasteiger charge is -2.26. The lowest BCUT2D eigenvalue weighted by Crippen LogP contribution is -2.09. The summed E-state index contributed by atoms with van der Waals surface area (Å²) in [5.74, 6) is 0. The van der Waals surface area contributed by atoms with Gasteiger partial charge in [-0.15, -0.1) is 0 Å². The Morgan fingerprint density at radius 1 is 0.187 bits per heavy atom. The molecular formula is C72H49N3. The van der Waals surface area contributed by atoms with Gasteiger partial charge in [0.2, 0.25) is 0 Å². The van der Waals surface area contributed by atoms with E-state index in [0.717, 1.165) is 28.3 Å². The highest BCUT2D eigenvalue weighted by Crippen LogP contribution is 2.41. The largest absolute Gasteiger partial charge is 0.311 e. The quantitative estimate of drug-likeness (QED) is 0.133. The Morgan fingerprint density at radius 3 is 0.947 bits per heavy atom. The van der Waals surface area contributed by atoms with E-state index >= 15 is 0 Å². The Morgan fingerprint density at radius 2 is 0.480 bits per heavy atom. The highest BCUT2D eigenvalue weighted by Gasteiger charge is 2.18. The third kappa shape index (κ3) is 7.95. The van der Waals surface area contributed by atoms with E-state index in [1.54, 1.807) is 0 Å². The molecule has 12 aromatic carbocycles. The summed E-state index contributed by atoms with van der Waals surface area (Å²) in [6.45, 7) is 0. The highest BCUT2D eigenvalue weighted by atomic mass is 15.1. The minimum Gasteiger partial charge on any atom is -0.311 e. The first-order chi connectivity index (χ1) is 37.2. The fourth-order valence-corrected chi connectivity index (χ4v) is 11.2. The number of hydrogen-bond acceptors (Lipinski definition) is 1. The molecule has 0 aliphatic heterocycles. The number of benzene rings is 12. The van der Waals surface area contributed by atoms with Crippen LogP contribution in [0.2, 0.25) is 0 Å². The molecule has 0 amide bonds. The van der Waals surface area contributed by atoms with Crippen LogP contribution in [0.15, 0.2) is 297 Å². The van der Waals surface area contributed by atoms with Crippen LogP contribution in [-0.4, -0.2) is 9.13 Å². The molecule has 14 rings (SSSR count). The predicted octanol–water partition coefficient (Wildman–Crippen LogP) is 19.7. The molecule has 0 spiro atoms. The van der Waals surface area contributed by atoms with E-state index in [1.807, 2.05) is 0 Å². The molecule has 75 heavy (non-hydrogen) atoms. The van der Waals surface area contributed by atoms with Crippen molar-refractivity contribution in [2.75, 3.05) is 4.90 Å². The van der Waals surface area contributed by atoms with Crippen LogP contribution in [0.1, 0.15) is 0 Å². The molecule has 0 aliphatic carbocycles. The second kappa shape index (κ2) is 18.6. The summed E-state index contributed by atoms with van der Waals surface area (Å²) in [4.78, 5) is 2.36. The smallest absolute Gasteiger partial charge is 0.0547 e. The number of fused-ring (bicyclic) bond motifs is 6. The first-order valence-electron chi connectivity index (χ1n) is 25.7. The molecule has 0 radical (unpaired) electrons. The lowest BCUT2D eigenvalue weighted by molar-refractivity contribution is 1.18. The molecule has 0 saturated heterocycles. The molecule has 14 aromatic rings. The normalized spacial score (nSPS) is 11.5. The third-order valence-electron chi connectivity index (χ3n) is 15.0. The van der Waals surface area contributed by atoms with Gasteiger partial charge < -0.3 is 14.0 Å². The van der Waals surface area contributed by atoms with Crippen LogP contribution in [0.3, 0.4) is 0 Å². The first kappa shape index (κ1) is 43.8. The average Bonchev–Trinajstić information content (AvgIpc) is 4.01. The van der Waals surface area contributed by atoms with Crippen LogP contribution in [0, 0.1) is 0 Å². The van der Waals surface area contributed by atoms with Crippen LogP contribution in [0.4, 0.5) is 17.1 Å². The summed E-state index contributed by atoms with van der Waals surface area (Å²) in [6, 6.07) is 108. The van der Waals surface area contributed by atoms with Crippen molar-refractivity contribution >= 4 is 60.7 Å². The molecule has 0 fully saturated rings. The Labute approximate surface area is 436 Å². The lowest BCUT2D eigenvalue weighted by atomic mass is 9.98.